The van der Waals surface area contributed by atoms with Crippen LogP contribution in [0.3, 0.4) is 0 Å². The zero-order valence-corrected chi connectivity index (χ0v) is 19.5. The summed E-state index contributed by atoms with van der Waals surface area (Å²) < 4.78 is 23.9. The normalized spacial score (nSPS) is 15.7. The smallest absolute Gasteiger partial charge is 0.231 e. The van der Waals surface area contributed by atoms with Crippen molar-refractivity contribution in [3.05, 3.63) is 91.6 Å². The lowest BCUT2D eigenvalue weighted by Gasteiger charge is -2.20. The molecule has 5 rings (SSSR count). The summed E-state index contributed by atoms with van der Waals surface area (Å²) in [6, 6.07) is 14.9. The van der Waals surface area contributed by atoms with Gasteiger partial charge >= 0.3 is 0 Å². The summed E-state index contributed by atoms with van der Waals surface area (Å²) in [6.07, 6.45) is 1.71. The Bertz CT molecular complexity index is 1250. The van der Waals surface area contributed by atoms with Crippen molar-refractivity contribution in [2.75, 3.05) is 6.79 Å². The van der Waals surface area contributed by atoms with E-state index in [0.717, 1.165) is 26.7 Å². The molecule has 0 unspecified atom stereocenters. The first-order chi connectivity index (χ1) is 15.5. The number of Topliss-reactive ketones (excluding diaryl/α,β-unsaturated/α-hetero) is 1. The Morgan fingerprint density at radius 1 is 1.12 bits per heavy atom. The highest BCUT2D eigenvalue weighted by atomic mass is 79.9. The summed E-state index contributed by atoms with van der Waals surface area (Å²) in [5.41, 5.74) is 3.95. The number of hydrogen-bond donors (Lipinski definition) is 0. The van der Waals surface area contributed by atoms with Crippen LogP contribution in [0.1, 0.15) is 32.6 Å². The van der Waals surface area contributed by atoms with Gasteiger partial charge in [0.15, 0.2) is 12.6 Å². The molecule has 0 aromatic heterocycles. The second-order valence-electron chi connectivity index (χ2n) is 7.51. The fraction of sp³-hybridized carbons (Fsp3) is 0.160. The number of ether oxygens (including phenoxy) is 4. The fourth-order valence-corrected chi connectivity index (χ4v) is 4.37. The van der Waals surface area contributed by atoms with Gasteiger partial charge in [0.25, 0.3) is 0 Å². The summed E-state index contributed by atoms with van der Waals surface area (Å²) in [4.78, 5) is 13.0. The Hall–Kier alpha value is -2.80. The first-order valence-electron chi connectivity index (χ1n) is 9.97. The van der Waals surface area contributed by atoms with Crippen LogP contribution in [0.4, 0.5) is 0 Å². The quantitative estimate of drug-likeness (QED) is 0.374. The number of halogens is 2. The molecule has 162 valence electrons. The molecule has 5 nitrogen and oxygen atoms in total. The predicted octanol–water partition coefficient (Wildman–Crippen LogP) is 6.47. The van der Waals surface area contributed by atoms with Crippen LogP contribution < -0.4 is 14.2 Å². The van der Waals surface area contributed by atoms with Gasteiger partial charge in [0.2, 0.25) is 5.78 Å². The first kappa shape index (κ1) is 21.1. The lowest BCUT2D eigenvalue weighted by atomic mass is 10.0. The Kier molecular flexibility index (Phi) is 5.67. The molecule has 3 aromatic carbocycles. The van der Waals surface area contributed by atoms with Crippen LogP contribution in [0.2, 0.25) is 5.02 Å². The maximum absolute atomic E-state index is 13.0. The van der Waals surface area contributed by atoms with Gasteiger partial charge in [-0.3, -0.25) is 4.79 Å². The second-order valence-corrected chi connectivity index (χ2v) is 8.87. The maximum Gasteiger partial charge on any atom is 0.231 e. The standard InChI is InChI=1S/C25H18BrClO5/c1-14-21(30-11-15-2-4-19(27)5-3-15)7-6-20-23(28)22(32-24(14)20)10-16-8-18(26)9-17-12-29-13-31-25(16)17/h2-10H,11-13H2,1H3/b22-10-. The summed E-state index contributed by atoms with van der Waals surface area (Å²) in [6.45, 7) is 2.89. The van der Waals surface area contributed by atoms with Crippen molar-refractivity contribution in [3.8, 4) is 17.2 Å². The molecule has 2 aliphatic rings. The van der Waals surface area contributed by atoms with Crippen molar-refractivity contribution >= 4 is 39.4 Å². The largest absolute Gasteiger partial charge is 0.488 e. The molecule has 0 saturated heterocycles. The number of rotatable bonds is 4. The molecule has 0 spiro atoms. The van der Waals surface area contributed by atoms with Crippen molar-refractivity contribution in [1.29, 1.82) is 0 Å². The summed E-state index contributed by atoms with van der Waals surface area (Å²) in [5, 5.41) is 0.679. The molecule has 0 radical (unpaired) electrons. The average molecular weight is 514 g/mol. The van der Waals surface area contributed by atoms with E-state index in [4.69, 9.17) is 30.5 Å². The molecule has 0 N–H and O–H groups in total. The lowest BCUT2D eigenvalue weighted by molar-refractivity contribution is -0.0165. The molecule has 0 saturated carbocycles. The zero-order valence-electron chi connectivity index (χ0n) is 17.1. The van der Waals surface area contributed by atoms with Gasteiger partial charge in [-0.2, -0.15) is 0 Å². The highest BCUT2D eigenvalue weighted by Crippen LogP contribution is 2.41. The minimum atomic E-state index is -0.173. The molecule has 0 fully saturated rings. The van der Waals surface area contributed by atoms with Crippen molar-refractivity contribution in [2.24, 2.45) is 0 Å². The minimum Gasteiger partial charge on any atom is -0.488 e. The van der Waals surface area contributed by atoms with Gasteiger partial charge in [0, 0.05) is 26.2 Å². The molecule has 7 heteroatoms. The molecule has 0 aliphatic carbocycles. The highest BCUT2D eigenvalue weighted by molar-refractivity contribution is 9.10. The van der Waals surface area contributed by atoms with Crippen molar-refractivity contribution < 1.29 is 23.7 Å². The average Bonchev–Trinajstić information content (AvgIpc) is 3.10. The van der Waals surface area contributed by atoms with Gasteiger partial charge in [-0.15, -0.1) is 0 Å². The predicted molar refractivity (Wildman–Crippen MR) is 124 cm³/mol. The molecule has 2 aliphatic heterocycles. The van der Waals surface area contributed by atoms with E-state index in [1.54, 1.807) is 18.2 Å². The Morgan fingerprint density at radius 3 is 2.75 bits per heavy atom. The lowest BCUT2D eigenvalue weighted by Crippen LogP contribution is -2.12. The van der Waals surface area contributed by atoms with Crippen molar-refractivity contribution in [1.82, 2.24) is 0 Å². The number of benzene rings is 3. The topological polar surface area (TPSA) is 54.0 Å². The van der Waals surface area contributed by atoms with Gasteiger partial charge in [0.1, 0.15) is 23.9 Å². The molecular weight excluding hydrogens is 496 g/mol. The first-order valence-corrected chi connectivity index (χ1v) is 11.1. The molecule has 32 heavy (non-hydrogen) atoms. The monoisotopic (exact) mass is 512 g/mol. The van der Waals surface area contributed by atoms with Gasteiger partial charge in [-0.05, 0) is 55.0 Å². The van der Waals surface area contributed by atoms with E-state index in [0.29, 0.717) is 41.0 Å². The fourth-order valence-electron chi connectivity index (χ4n) is 3.72. The molecule has 0 atom stereocenters. The van der Waals surface area contributed by atoms with E-state index in [2.05, 4.69) is 15.9 Å². The third-order valence-corrected chi connectivity index (χ3v) is 6.04. The summed E-state index contributed by atoms with van der Waals surface area (Å²) in [5.74, 6) is 1.94. The van der Waals surface area contributed by atoms with Crippen LogP contribution in [0.15, 0.2) is 58.8 Å². The highest BCUT2D eigenvalue weighted by Gasteiger charge is 2.31. The maximum atomic E-state index is 13.0. The van der Waals surface area contributed by atoms with Crippen LogP contribution in [0.5, 0.6) is 17.2 Å². The Balaban J connectivity index is 1.42. The van der Waals surface area contributed by atoms with E-state index < -0.39 is 0 Å². The van der Waals surface area contributed by atoms with E-state index in [-0.39, 0.29) is 18.3 Å². The van der Waals surface area contributed by atoms with Crippen molar-refractivity contribution in [3.63, 3.8) is 0 Å². The molecule has 3 aromatic rings. The number of carbonyl (C=O) groups excluding carboxylic acids is 1. The zero-order chi connectivity index (χ0) is 22.2. The van der Waals surface area contributed by atoms with Crippen LogP contribution in [0.25, 0.3) is 6.08 Å². The third-order valence-electron chi connectivity index (χ3n) is 5.33. The second kappa shape index (κ2) is 8.62. The van der Waals surface area contributed by atoms with Crippen molar-refractivity contribution in [2.45, 2.75) is 20.1 Å². The minimum absolute atomic E-state index is 0.173. The van der Waals surface area contributed by atoms with Crippen LogP contribution in [-0.2, 0) is 18.0 Å². The van der Waals surface area contributed by atoms with Crippen LogP contribution in [-0.4, -0.2) is 12.6 Å². The molecule has 0 bridgehead atoms. The van der Waals surface area contributed by atoms with Crippen LogP contribution >= 0.6 is 27.5 Å². The van der Waals surface area contributed by atoms with Crippen LogP contribution in [0, 0.1) is 6.92 Å². The van der Waals surface area contributed by atoms with Gasteiger partial charge in [-0.1, -0.05) is 39.7 Å². The number of carbonyl (C=O) groups is 1. The molecule has 2 heterocycles. The van der Waals surface area contributed by atoms with Gasteiger partial charge < -0.3 is 18.9 Å². The molecule has 0 amide bonds. The van der Waals surface area contributed by atoms with E-state index in [9.17, 15) is 4.79 Å². The summed E-state index contributed by atoms with van der Waals surface area (Å²) in [7, 11) is 0. The van der Waals surface area contributed by atoms with Gasteiger partial charge in [0.05, 0.1) is 12.2 Å². The van der Waals surface area contributed by atoms with E-state index >= 15 is 0 Å². The Labute approximate surface area is 198 Å². The number of fused-ring (bicyclic) bond motifs is 2. The van der Waals surface area contributed by atoms with E-state index in [1.165, 1.54) is 0 Å². The SMILES string of the molecule is Cc1c(OCc2ccc(Cl)cc2)ccc2c1O/C(=C\c1cc(Br)cc3c1OCOC3)C2=O. The summed E-state index contributed by atoms with van der Waals surface area (Å²) >= 11 is 9.45. The van der Waals surface area contributed by atoms with E-state index in [1.807, 2.05) is 43.3 Å². The number of hydrogen-bond acceptors (Lipinski definition) is 5. The number of allylic oxidation sites excluding steroid dienone is 1. The third kappa shape index (κ3) is 4.01. The molecular formula is C25H18BrClO5. The van der Waals surface area contributed by atoms with Gasteiger partial charge in [-0.25, -0.2) is 0 Å². The Morgan fingerprint density at radius 2 is 1.94 bits per heavy atom. The number of ketones is 1.